The highest BCUT2D eigenvalue weighted by molar-refractivity contribution is 7.09. The van der Waals surface area contributed by atoms with Crippen molar-refractivity contribution in [3.63, 3.8) is 0 Å². The lowest BCUT2D eigenvalue weighted by atomic mass is 10.2. The van der Waals surface area contributed by atoms with Gasteiger partial charge in [0.1, 0.15) is 0 Å². The lowest BCUT2D eigenvalue weighted by Gasteiger charge is -2.19. The quantitative estimate of drug-likeness (QED) is 0.780. The fourth-order valence-electron chi connectivity index (χ4n) is 1.78. The van der Waals surface area contributed by atoms with Gasteiger partial charge in [0.05, 0.1) is 6.54 Å². The van der Waals surface area contributed by atoms with Crippen LogP contribution < -0.4 is 0 Å². The fraction of sp³-hybridized carbons (Fsp3) is 0.188. The minimum atomic E-state index is -0.125. The molecule has 1 aromatic heterocycles. The molecule has 0 spiro atoms. The van der Waals surface area contributed by atoms with Crippen molar-refractivity contribution in [3.8, 4) is 11.8 Å². The molecule has 0 aliphatic heterocycles. The normalized spacial score (nSPS) is 9.53. The van der Waals surface area contributed by atoms with Gasteiger partial charge in [-0.05, 0) is 29.9 Å². The Bertz CT molecular complexity index is 578. The molecule has 0 fully saturated rings. The van der Waals surface area contributed by atoms with Gasteiger partial charge in [-0.1, -0.05) is 42.3 Å². The SMILES string of the molecule is CC#CC(=O)N(Cc1ccccc1)Cc1cccs1. The highest BCUT2D eigenvalue weighted by atomic mass is 32.1. The van der Waals surface area contributed by atoms with E-state index in [1.165, 1.54) is 4.88 Å². The van der Waals surface area contributed by atoms with Crippen molar-refractivity contribution >= 4 is 17.2 Å². The van der Waals surface area contributed by atoms with E-state index in [4.69, 9.17) is 0 Å². The van der Waals surface area contributed by atoms with Gasteiger partial charge in [0, 0.05) is 11.4 Å². The first-order valence-corrected chi connectivity index (χ1v) is 6.95. The molecular formula is C16H15NOS. The third-order valence-electron chi connectivity index (χ3n) is 2.66. The number of rotatable bonds is 4. The van der Waals surface area contributed by atoms with Crippen LogP contribution in [-0.4, -0.2) is 10.8 Å². The topological polar surface area (TPSA) is 20.3 Å². The number of amides is 1. The maximum absolute atomic E-state index is 12.0. The van der Waals surface area contributed by atoms with E-state index in [0.717, 1.165) is 5.56 Å². The first-order chi connectivity index (χ1) is 9.29. The lowest BCUT2D eigenvalue weighted by Crippen LogP contribution is -2.28. The van der Waals surface area contributed by atoms with Gasteiger partial charge in [-0.3, -0.25) is 4.79 Å². The summed E-state index contributed by atoms with van der Waals surface area (Å²) in [7, 11) is 0. The Labute approximate surface area is 117 Å². The monoisotopic (exact) mass is 269 g/mol. The Kier molecular flexibility index (Phi) is 4.77. The van der Waals surface area contributed by atoms with Gasteiger partial charge in [0.2, 0.25) is 0 Å². The summed E-state index contributed by atoms with van der Waals surface area (Å²) in [6, 6.07) is 14.0. The van der Waals surface area contributed by atoms with Crippen LogP contribution >= 0.6 is 11.3 Å². The molecule has 0 saturated heterocycles. The van der Waals surface area contributed by atoms with Crippen molar-refractivity contribution in [2.24, 2.45) is 0 Å². The molecule has 3 heteroatoms. The average Bonchev–Trinajstić information content (AvgIpc) is 2.92. The van der Waals surface area contributed by atoms with Crippen molar-refractivity contribution in [1.82, 2.24) is 4.90 Å². The number of hydrogen-bond acceptors (Lipinski definition) is 2. The molecule has 1 aromatic carbocycles. The van der Waals surface area contributed by atoms with E-state index < -0.39 is 0 Å². The summed E-state index contributed by atoms with van der Waals surface area (Å²) in [5, 5.41) is 2.02. The molecule has 2 nitrogen and oxygen atoms in total. The van der Waals surface area contributed by atoms with E-state index in [1.54, 1.807) is 23.2 Å². The minimum absolute atomic E-state index is 0.125. The molecule has 0 saturated carbocycles. The van der Waals surface area contributed by atoms with Gasteiger partial charge in [0.25, 0.3) is 5.91 Å². The maximum Gasteiger partial charge on any atom is 0.299 e. The van der Waals surface area contributed by atoms with Crippen molar-refractivity contribution in [1.29, 1.82) is 0 Å². The zero-order valence-electron chi connectivity index (χ0n) is 10.8. The van der Waals surface area contributed by atoms with Crippen molar-refractivity contribution in [2.75, 3.05) is 0 Å². The summed E-state index contributed by atoms with van der Waals surface area (Å²) in [5.74, 6) is 5.17. The largest absolute Gasteiger partial charge is 0.322 e. The van der Waals surface area contributed by atoms with E-state index in [2.05, 4.69) is 11.8 Å². The third kappa shape index (κ3) is 3.97. The summed E-state index contributed by atoms with van der Waals surface area (Å²) in [5.41, 5.74) is 1.12. The van der Waals surface area contributed by atoms with Crippen LogP contribution in [0.5, 0.6) is 0 Å². The molecule has 0 N–H and O–H groups in total. The van der Waals surface area contributed by atoms with Crippen LogP contribution in [0.3, 0.4) is 0 Å². The molecule has 0 radical (unpaired) electrons. The van der Waals surface area contributed by atoms with E-state index in [9.17, 15) is 4.79 Å². The zero-order chi connectivity index (χ0) is 13.5. The lowest BCUT2D eigenvalue weighted by molar-refractivity contribution is -0.126. The van der Waals surface area contributed by atoms with Crippen LogP contribution in [0.15, 0.2) is 47.8 Å². The third-order valence-corrected chi connectivity index (χ3v) is 3.52. The predicted molar refractivity (Wildman–Crippen MR) is 78.5 cm³/mol. The van der Waals surface area contributed by atoms with Gasteiger partial charge in [-0.2, -0.15) is 0 Å². The predicted octanol–water partition coefficient (Wildman–Crippen LogP) is 3.30. The molecule has 1 heterocycles. The summed E-state index contributed by atoms with van der Waals surface area (Å²) >= 11 is 1.66. The summed E-state index contributed by atoms with van der Waals surface area (Å²) < 4.78 is 0. The Hall–Kier alpha value is -2.05. The Morgan fingerprint density at radius 3 is 2.58 bits per heavy atom. The minimum Gasteiger partial charge on any atom is -0.322 e. The molecule has 1 amide bonds. The van der Waals surface area contributed by atoms with Gasteiger partial charge in [0.15, 0.2) is 0 Å². The number of carbonyl (C=O) groups is 1. The second-order valence-electron chi connectivity index (χ2n) is 4.10. The first kappa shape index (κ1) is 13.4. The van der Waals surface area contributed by atoms with Crippen LogP contribution in [0, 0.1) is 11.8 Å². The molecule has 19 heavy (non-hydrogen) atoms. The van der Waals surface area contributed by atoms with Gasteiger partial charge in [-0.15, -0.1) is 11.3 Å². The standard InChI is InChI=1S/C16H15NOS/c1-2-7-16(18)17(13-15-10-6-11-19-15)12-14-8-4-3-5-9-14/h3-6,8-11H,12-13H2,1H3. The summed E-state index contributed by atoms with van der Waals surface area (Å²) in [6.07, 6.45) is 0. The number of carbonyl (C=O) groups excluding carboxylic acids is 1. The van der Waals surface area contributed by atoms with Crippen molar-refractivity contribution < 1.29 is 4.79 Å². The van der Waals surface area contributed by atoms with Crippen LogP contribution in [0.2, 0.25) is 0 Å². The van der Waals surface area contributed by atoms with E-state index >= 15 is 0 Å². The van der Waals surface area contributed by atoms with E-state index in [0.29, 0.717) is 13.1 Å². The summed E-state index contributed by atoms with van der Waals surface area (Å²) in [6.45, 7) is 2.88. The number of thiophene rings is 1. The van der Waals surface area contributed by atoms with Crippen molar-refractivity contribution in [2.45, 2.75) is 20.0 Å². The Morgan fingerprint density at radius 2 is 1.95 bits per heavy atom. The number of benzene rings is 1. The van der Waals surface area contributed by atoms with Gasteiger partial charge < -0.3 is 4.90 Å². The molecule has 96 valence electrons. The Morgan fingerprint density at radius 1 is 1.16 bits per heavy atom. The maximum atomic E-state index is 12.0. The summed E-state index contributed by atoms with van der Waals surface area (Å²) in [4.78, 5) is 15.0. The highest BCUT2D eigenvalue weighted by Crippen LogP contribution is 2.14. The van der Waals surface area contributed by atoms with Crippen LogP contribution in [0.4, 0.5) is 0 Å². The second kappa shape index (κ2) is 6.77. The fourth-order valence-corrected chi connectivity index (χ4v) is 2.50. The number of hydrogen-bond donors (Lipinski definition) is 0. The second-order valence-corrected chi connectivity index (χ2v) is 5.13. The molecule has 0 aliphatic rings. The van der Waals surface area contributed by atoms with E-state index in [-0.39, 0.29) is 5.91 Å². The van der Waals surface area contributed by atoms with Gasteiger partial charge >= 0.3 is 0 Å². The Balaban J connectivity index is 2.13. The molecule has 2 rings (SSSR count). The first-order valence-electron chi connectivity index (χ1n) is 6.07. The number of nitrogens with zero attached hydrogens (tertiary/aromatic N) is 1. The highest BCUT2D eigenvalue weighted by Gasteiger charge is 2.12. The molecular weight excluding hydrogens is 254 g/mol. The molecule has 0 unspecified atom stereocenters. The molecule has 2 aromatic rings. The van der Waals surface area contributed by atoms with Crippen LogP contribution in [0.25, 0.3) is 0 Å². The average molecular weight is 269 g/mol. The van der Waals surface area contributed by atoms with Gasteiger partial charge in [-0.25, -0.2) is 0 Å². The van der Waals surface area contributed by atoms with Crippen LogP contribution in [0.1, 0.15) is 17.4 Å². The smallest absolute Gasteiger partial charge is 0.299 e. The molecule has 0 atom stereocenters. The molecule has 0 aliphatic carbocycles. The molecule has 0 bridgehead atoms. The van der Waals surface area contributed by atoms with Crippen molar-refractivity contribution in [3.05, 3.63) is 58.3 Å². The zero-order valence-corrected chi connectivity index (χ0v) is 11.6. The van der Waals surface area contributed by atoms with E-state index in [1.807, 2.05) is 47.8 Å². The van der Waals surface area contributed by atoms with Crippen LogP contribution in [-0.2, 0) is 17.9 Å².